The zero-order valence-corrected chi connectivity index (χ0v) is 22.4. The number of aromatic nitrogens is 1. The number of rotatable bonds is 12. The maximum absolute atomic E-state index is 13.1. The van der Waals surface area contributed by atoms with E-state index in [1.807, 2.05) is 13.8 Å². The quantitative estimate of drug-likeness (QED) is 0.238. The molecule has 0 aliphatic carbocycles. The molecule has 0 fully saturated rings. The zero-order chi connectivity index (χ0) is 27.9. The van der Waals surface area contributed by atoms with Gasteiger partial charge in [0.15, 0.2) is 11.5 Å². The maximum Gasteiger partial charge on any atom is 0.342 e. The van der Waals surface area contributed by atoms with E-state index in [0.717, 1.165) is 0 Å². The van der Waals surface area contributed by atoms with Crippen molar-refractivity contribution in [3.05, 3.63) is 53.2 Å². The van der Waals surface area contributed by atoms with Crippen molar-refractivity contribution >= 4 is 28.5 Å². The van der Waals surface area contributed by atoms with Gasteiger partial charge in [0.2, 0.25) is 0 Å². The summed E-state index contributed by atoms with van der Waals surface area (Å²) in [6, 6.07) is 10.2. The van der Waals surface area contributed by atoms with Gasteiger partial charge in [-0.05, 0) is 58.0 Å². The Morgan fingerprint density at radius 2 is 1.87 bits per heavy atom. The molecule has 0 saturated heterocycles. The number of hydrogen-bond donors (Lipinski definition) is 3. The van der Waals surface area contributed by atoms with Crippen LogP contribution in [-0.4, -0.2) is 61.0 Å². The molecule has 3 aromatic rings. The van der Waals surface area contributed by atoms with Crippen LogP contribution in [0.3, 0.4) is 0 Å². The number of nitrogens with zero attached hydrogens (tertiary/aromatic N) is 1. The minimum absolute atomic E-state index is 0.00115. The number of anilines is 1. The van der Waals surface area contributed by atoms with E-state index in [0.29, 0.717) is 45.8 Å². The molecule has 204 valence electrons. The lowest BCUT2D eigenvalue weighted by Crippen LogP contribution is -2.47. The Bertz CT molecular complexity index is 1310. The van der Waals surface area contributed by atoms with E-state index in [2.05, 4.69) is 10.3 Å². The van der Waals surface area contributed by atoms with Crippen molar-refractivity contribution in [3.8, 4) is 17.2 Å². The van der Waals surface area contributed by atoms with E-state index < -0.39 is 11.5 Å². The molecule has 0 aliphatic rings. The smallest absolute Gasteiger partial charge is 0.342 e. The fourth-order valence-corrected chi connectivity index (χ4v) is 3.87. The number of nitrogens with two attached hydrogens (primary N) is 1. The van der Waals surface area contributed by atoms with E-state index in [1.54, 1.807) is 50.2 Å². The minimum atomic E-state index is -0.784. The number of nitrogen functional groups attached to an aromatic ring is 1. The lowest BCUT2D eigenvalue weighted by atomic mass is 10.0. The topological polar surface area (TPSA) is 142 Å². The number of amides is 1. The predicted octanol–water partition coefficient (Wildman–Crippen LogP) is 3.66. The van der Waals surface area contributed by atoms with E-state index >= 15 is 0 Å². The van der Waals surface area contributed by atoms with Gasteiger partial charge in [-0.3, -0.25) is 9.78 Å². The third-order valence-corrected chi connectivity index (χ3v) is 5.70. The van der Waals surface area contributed by atoms with Gasteiger partial charge in [0.05, 0.1) is 48.1 Å². The van der Waals surface area contributed by atoms with Gasteiger partial charge >= 0.3 is 5.97 Å². The highest BCUT2D eigenvalue weighted by atomic mass is 16.5. The minimum Gasteiger partial charge on any atom is -0.493 e. The van der Waals surface area contributed by atoms with Gasteiger partial charge in [0.25, 0.3) is 5.91 Å². The fraction of sp³-hybridized carbons (Fsp3) is 0.393. The molecule has 0 spiro atoms. The molecule has 0 aliphatic heterocycles. The number of benzene rings is 2. The number of pyridine rings is 1. The second kappa shape index (κ2) is 12.5. The van der Waals surface area contributed by atoms with Crippen LogP contribution in [0.2, 0.25) is 0 Å². The van der Waals surface area contributed by atoms with Crippen molar-refractivity contribution in [3.63, 3.8) is 0 Å². The van der Waals surface area contributed by atoms with Crippen LogP contribution in [0.25, 0.3) is 10.9 Å². The highest BCUT2D eigenvalue weighted by Gasteiger charge is 2.25. The van der Waals surface area contributed by atoms with E-state index in [4.69, 9.17) is 29.8 Å². The average molecular weight is 526 g/mol. The lowest BCUT2D eigenvalue weighted by Gasteiger charge is -2.27. The molecule has 0 atom stereocenters. The summed E-state index contributed by atoms with van der Waals surface area (Å²) in [6.07, 6.45) is 0.457. The lowest BCUT2D eigenvalue weighted by molar-refractivity contribution is 0.0526. The molecular formula is C28H35N3O7. The molecule has 0 radical (unpaired) electrons. The first kappa shape index (κ1) is 28.5. The molecule has 10 heteroatoms. The maximum atomic E-state index is 13.1. The number of aliphatic hydroxyl groups is 1. The van der Waals surface area contributed by atoms with Gasteiger partial charge in [-0.25, -0.2) is 4.79 Å². The zero-order valence-electron chi connectivity index (χ0n) is 22.4. The summed E-state index contributed by atoms with van der Waals surface area (Å²) in [6.45, 7) is 7.69. The predicted molar refractivity (Wildman–Crippen MR) is 144 cm³/mol. The highest BCUT2D eigenvalue weighted by Crippen LogP contribution is 2.34. The Kier molecular flexibility index (Phi) is 9.35. The summed E-state index contributed by atoms with van der Waals surface area (Å²) in [5, 5.41) is 12.5. The standard InChI is InChI=1S/C28H35N3O7/c1-6-36-27(34)23-17(2)30-19-9-7-10-21(24(19)25(23)29)38-16-28(3,4)31-26(33)18-11-12-20(35-5)22(15-18)37-14-8-13-32/h7,9-12,15,32H,6,8,13-14,16H2,1-5H3,(H2,29,30)(H,31,33). The molecule has 38 heavy (non-hydrogen) atoms. The molecule has 3 rings (SSSR count). The van der Waals surface area contributed by atoms with E-state index in [1.165, 1.54) is 7.11 Å². The van der Waals surface area contributed by atoms with Crippen LogP contribution in [-0.2, 0) is 4.74 Å². The Balaban J connectivity index is 1.79. The number of ether oxygens (including phenoxy) is 4. The molecule has 2 aromatic carbocycles. The second-order valence-electron chi connectivity index (χ2n) is 9.27. The van der Waals surface area contributed by atoms with Crippen molar-refractivity contribution in [2.45, 2.75) is 39.7 Å². The summed E-state index contributed by atoms with van der Waals surface area (Å²) in [5.74, 6) is 0.464. The Labute approximate surface area is 222 Å². The largest absolute Gasteiger partial charge is 0.493 e. The molecule has 0 bridgehead atoms. The van der Waals surface area contributed by atoms with Crippen molar-refractivity contribution in [1.29, 1.82) is 0 Å². The molecule has 0 unspecified atom stereocenters. The van der Waals surface area contributed by atoms with Crippen LogP contribution in [0.4, 0.5) is 5.69 Å². The van der Waals surface area contributed by atoms with Gasteiger partial charge in [-0.1, -0.05) is 6.07 Å². The second-order valence-corrected chi connectivity index (χ2v) is 9.27. The van der Waals surface area contributed by atoms with Crippen LogP contribution in [0.15, 0.2) is 36.4 Å². The van der Waals surface area contributed by atoms with Crippen molar-refractivity contribution in [2.75, 3.05) is 39.3 Å². The van der Waals surface area contributed by atoms with E-state index in [-0.39, 0.29) is 43.6 Å². The molecule has 0 saturated carbocycles. The first-order valence-electron chi connectivity index (χ1n) is 12.3. The van der Waals surface area contributed by atoms with Crippen LogP contribution in [0, 0.1) is 6.92 Å². The van der Waals surface area contributed by atoms with Crippen LogP contribution in [0.5, 0.6) is 17.2 Å². The van der Waals surface area contributed by atoms with Gasteiger partial charge in [0.1, 0.15) is 17.9 Å². The van der Waals surface area contributed by atoms with Crippen LogP contribution >= 0.6 is 0 Å². The monoisotopic (exact) mass is 525 g/mol. The molecule has 1 amide bonds. The van der Waals surface area contributed by atoms with E-state index in [9.17, 15) is 9.59 Å². The highest BCUT2D eigenvalue weighted by molar-refractivity contribution is 6.07. The number of fused-ring (bicyclic) bond motifs is 1. The molecule has 4 N–H and O–H groups in total. The summed E-state index contributed by atoms with van der Waals surface area (Å²) in [4.78, 5) is 30.1. The number of methoxy groups -OCH3 is 1. The van der Waals surface area contributed by atoms with Crippen LogP contribution < -0.4 is 25.3 Å². The normalized spacial score (nSPS) is 11.2. The third kappa shape index (κ3) is 6.63. The summed E-state index contributed by atoms with van der Waals surface area (Å²) in [7, 11) is 1.51. The van der Waals surface area contributed by atoms with Crippen LogP contribution in [0.1, 0.15) is 53.6 Å². The number of hydrogen-bond acceptors (Lipinski definition) is 9. The Morgan fingerprint density at radius 3 is 2.55 bits per heavy atom. The Morgan fingerprint density at radius 1 is 1.11 bits per heavy atom. The molecule has 1 heterocycles. The van der Waals surface area contributed by atoms with Crippen molar-refractivity contribution in [1.82, 2.24) is 10.3 Å². The summed E-state index contributed by atoms with van der Waals surface area (Å²) >= 11 is 0. The van der Waals surface area contributed by atoms with Gasteiger partial charge in [0, 0.05) is 18.6 Å². The number of aryl methyl sites for hydroxylation is 1. The SMILES string of the molecule is CCOC(=O)c1c(C)nc2cccc(OCC(C)(C)NC(=O)c3ccc(OC)c(OCCCO)c3)c2c1N. The molecular weight excluding hydrogens is 490 g/mol. The first-order valence-corrected chi connectivity index (χ1v) is 12.3. The number of aliphatic hydroxyl groups excluding tert-OH is 1. The third-order valence-electron chi connectivity index (χ3n) is 5.70. The number of carbonyl (C=O) groups is 2. The molecule has 10 nitrogen and oxygen atoms in total. The number of esters is 1. The Hall–Kier alpha value is -4.05. The van der Waals surface area contributed by atoms with Crippen molar-refractivity contribution in [2.24, 2.45) is 0 Å². The first-order chi connectivity index (χ1) is 18.1. The number of nitrogens with one attached hydrogen (secondary N) is 1. The fourth-order valence-electron chi connectivity index (χ4n) is 3.87. The molecule has 1 aromatic heterocycles. The van der Waals surface area contributed by atoms with Gasteiger partial charge in [-0.2, -0.15) is 0 Å². The average Bonchev–Trinajstić information content (AvgIpc) is 2.87. The summed E-state index contributed by atoms with van der Waals surface area (Å²) < 4.78 is 22.2. The van der Waals surface area contributed by atoms with Gasteiger partial charge in [-0.15, -0.1) is 0 Å². The number of carbonyl (C=O) groups excluding carboxylic acids is 2. The van der Waals surface area contributed by atoms with Gasteiger partial charge < -0.3 is 35.1 Å². The van der Waals surface area contributed by atoms with Crippen molar-refractivity contribution < 1.29 is 33.6 Å². The summed E-state index contributed by atoms with van der Waals surface area (Å²) in [5.41, 5.74) is 7.49.